The third-order valence-electron chi connectivity index (χ3n) is 5.68. The van der Waals surface area contributed by atoms with E-state index in [4.69, 9.17) is 9.47 Å². The summed E-state index contributed by atoms with van der Waals surface area (Å²) in [7, 11) is 0. The number of hydrogen-bond acceptors (Lipinski definition) is 6. The molecule has 2 aromatic carbocycles. The number of carboxylic acids is 1. The predicted octanol–water partition coefficient (Wildman–Crippen LogP) is 3.82. The highest BCUT2D eigenvalue weighted by atomic mass is 16.5. The summed E-state index contributed by atoms with van der Waals surface area (Å²) in [5.74, 6) is 0.186. The van der Waals surface area contributed by atoms with Crippen LogP contribution in [0, 0.1) is 0 Å². The maximum absolute atomic E-state index is 11.6. The van der Waals surface area contributed by atoms with Crippen molar-refractivity contribution in [1.82, 2.24) is 4.90 Å². The molecule has 1 saturated heterocycles. The van der Waals surface area contributed by atoms with E-state index in [-0.39, 0.29) is 5.56 Å². The van der Waals surface area contributed by atoms with Gasteiger partial charge in [-0.15, -0.1) is 0 Å². The van der Waals surface area contributed by atoms with Crippen molar-refractivity contribution in [2.24, 2.45) is 0 Å². The number of aromatic carboxylic acids is 1. The normalized spacial score (nSPS) is 15.4. The van der Waals surface area contributed by atoms with Crippen LogP contribution in [0.5, 0.6) is 11.5 Å². The highest BCUT2D eigenvalue weighted by Crippen LogP contribution is 2.30. The molecular weight excluding hydrogens is 408 g/mol. The number of aliphatic hydroxyl groups is 1. The Hall–Kier alpha value is -2.77. The summed E-state index contributed by atoms with van der Waals surface area (Å²) in [6, 6.07) is 13.0. The van der Waals surface area contributed by atoms with Gasteiger partial charge in [0.05, 0.1) is 25.0 Å². The van der Waals surface area contributed by atoms with Gasteiger partial charge in [0.25, 0.3) is 0 Å². The van der Waals surface area contributed by atoms with Gasteiger partial charge in [0.15, 0.2) is 0 Å². The summed E-state index contributed by atoms with van der Waals surface area (Å²) in [4.78, 5) is 16.1. The van der Waals surface area contributed by atoms with E-state index in [1.165, 1.54) is 6.07 Å². The summed E-state index contributed by atoms with van der Waals surface area (Å²) >= 11 is 0. The molecule has 0 bridgehead atoms. The van der Waals surface area contributed by atoms with Gasteiger partial charge in [-0.2, -0.15) is 0 Å². The molecule has 7 heteroatoms. The number of nitrogens with zero attached hydrogens (tertiary/aromatic N) is 2. The first-order valence-electron chi connectivity index (χ1n) is 11.4. The van der Waals surface area contributed by atoms with Crippen LogP contribution in [0.25, 0.3) is 0 Å². The van der Waals surface area contributed by atoms with E-state index >= 15 is 0 Å². The number of rotatable bonds is 11. The third-order valence-corrected chi connectivity index (χ3v) is 5.68. The first-order chi connectivity index (χ1) is 15.5. The minimum absolute atomic E-state index is 0.0768. The highest BCUT2D eigenvalue weighted by molar-refractivity contribution is 5.91. The second-order valence-corrected chi connectivity index (χ2v) is 7.97. The van der Waals surface area contributed by atoms with Gasteiger partial charge in [-0.05, 0) is 43.2 Å². The number of aliphatic hydroxyl groups excluding tert-OH is 1. The van der Waals surface area contributed by atoms with Gasteiger partial charge < -0.3 is 24.6 Å². The molecule has 1 unspecified atom stereocenters. The molecule has 1 atom stereocenters. The van der Waals surface area contributed by atoms with Crippen molar-refractivity contribution >= 4 is 11.7 Å². The van der Waals surface area contributed by atoms with Crippen LogP contribution in [0.2, 0.25) is 0 Å². The molecule has 1 fully saturated rings. The van der Waals surface area contributed by atoms with E-state index in [1.54, 1.807) is 12.1 Å². The van der Waals surface area contributed by atoms with Gasteiger partial charge in [0.2, 0.25) is 0 Å². The fourth-order valence-electron chi connectivity index (χ4n) is 3.89. The quantitative estimate of drug-likeness (QED) is 0.512. The number of benzene rings is 2. The Morgan fingerprint density at radius 1 is 1.03 bits per heavy atom. The van der Waals surface area contributed by atoms with E-state index in [1.807, 2.05) is 25.1 Å². The Kier molecular flexibility index (Phi) is 8.76. The van der Waals surface area contributed by atoms with Crippen molar-refractivity contribution in [3.63, 3.8) is 0 Å². The standard InChI is InChI=1S/C25H34N2O5/c1-3-5-16-32-24-9-7-6-8-21(24)27-14-12-26(13-15-27)18-22(28)19-10-11-23(31-4-2)20(17-19)25(29)30/h6-11,17,22,28H,3-5,12-16,18H2,1-2H3,(H,29,30). The Balaban J connectivity index is 1.59. The predicted molar refractivity (Wildman–Crippen MR) is 125 cm³/mol. The van der Waals surface area contributed by atoms with Gasteiger partial charge in [-0.3, -0.25) is 4.90 Å². The first kappa shape index (κ1) is 23.9. The largest absolute Gasteiger partial charge is 0.493 e. The Labute approximate surface area is 190 Å². The molecule has 3 rings (SSSR count). The number of carboxylic acid groups (broad SMARTS) is 1. The minimum atomic E-state index is -1.06. The average molecular weight is 443 g/mol. The third kappa shape index (κ3) is 6.14. The molecule has 32 heavy (non-hydrogen) atoms. The second kappa shape index (κ2) is 11.7. The van der Waals surface area contributed by atoms with Crippen LogP contribution < -0.4 is 14.4 Å². The molecule has 0 aromatic heterocycles. The molecule has 2 aromatic rings. The summed E-state index contributed by atoms with van der Waals surface area (Å²) < 4.78 is 11.4. The molecule has 0 aliphatic carbocycles. The van der Waals surface area contributed by atoms with Gasteiger partial charge in [-0.25, -0.2) is 4.79 Å². The van der Waals surface area contributed by atoms with Crippen LogP contribution >= 0.6 is 0 Å². The zero-order valence-electron chi connectivity index (χ0n) is 19.0. The van der Waals surface area contributed by atoms with E-state index in [0.29, 0.717) is 24.5 Å². The van der Waals surface area contributed by atoms with Crippen LogP contribution in [0.15, 0.2) is 42.5 Å². The van der Waals surface area contributed by atoms with Crippen LogP contribution in [-0.2, 0) is 0 Å². The van der Waals surface area contributed by atoms with E-state index < -0.39 is 12.1 Å². The van der Waals surface area contributed by atoms with E-state index in [0.717, 1.165) is 57.1 Å². The molecule has 1 aliphatic rings. The lowest BCUT2D eigenvalue weighted by Gasteiger charge is -2.37. The maximum Gasteiger partial charge on any atom is 0.339 e. The van der Waals surface area contributed by atoms with Crippen LogP contribution in [0.1, 0.15) is 48.7 Å². The number of para-hydroxylation sites is 2. The van der Waals surface area contributed by atoms with E-state index in [9.17, 15) is 15.0 Å². The zero-order chi connectivity index (χ0) is 22.9. The second-order valence-electron chi connectivity index (χ2n) is 7.97. The van der Waals surface area contributed by atoms with Crippen LogP contribution in [0.4, 0.5) is 5.69 Å². The lowest BCUT2D eigenvalue weighted by atomic mass is 10.0. The van der Waals surface area contributed by atoms with Crippen molar-refractivity contribution in [2.75, 3.05) is 50.8 Å². The number of carbonyl (C=O) groups is 1. The number of hydrogen-bond donors (Lipinski definition) is 2. The highest BCUT2D eigenvalue weighted by Gasteiger charge is 2.23. The number of piperazine rings is 1. The minimum Gasteiger partial charge on any atom is -0.493 e. The Morgan fingerprint density at radius 3 is 2.47 bits per heavy atom. The zero-order valence-corrected chi connectivity index (χ0v) is 19.0. The number of ether oxygens (including phenoxy) is 2. The Morgan fingerprint density at radius 2 is 1.78 bits per heavy atom. The smallest absolute Gasteiger partial charge is 0.339 e. The molecule has 0 amide bonds. The lowest BCUT2D eigenvalue weighted by molar-refractivity contribution is 0.0691. The van der Waals surface area contributed by atoms with Crippen molar-refractivity contribution < 1.29 is 24.5 Å². The summed E-state index contributed by atoms with van der Waals surface area (Å²) in [5, 5.41) is 20.2. The number of β-amino-alcohol motifs (C(OH)–C–C–N with tert-alkyl or cyclic N) is 1. The first-order valence-corrected chi connectivity index (χ1v) is 11.4. The molecule has 0 saturated carbocycles. The van der Waals surface area contributed by atoms with Gasteiger partial charge in [0.1, 0.15) is 17.1 Å². The molecule has 174 valence electrons. The van der Waals surface area contributed by atoms with Crippen LogP contribution in [-0.4, -0.2) is 67.0 Å². The van der Waals surface area contributed by atoms with Crippen molar-refractivity contribution in [3.8, 4) is 11.5 Å². The summed E-state index contributed by atoms with van der Waals surface area (Å²) in [6.07, 6.45) is 1.38. The van der Waals surface area contributed by atoms with Crippen molar-refractivity contribution in [1.29, 1.82) is 0 Å². The van der Waals surface area contributed by atoms with Gasteiger partial charge in [0, 0.05) is 32.7 Å². The Bertz CT molecular complexity index is 880. The van der Waals surface area contributed by atoms with Crippen molar-refractivity contribution in [2.45, 2.75) is 32.8 Å². The number of unbranched alkanes of at least 4 members (excludes halogenated alkanes) is 1. The number of anilines is 1. The summed E-state index contributed by atoms with van der Waals surface area (Å²) in [6.45, 7) is 8.82. The van der Waals surface area contributed by atoms with E-state index in [2.05, 4.69) is 22.8 Å². The lowest BCUT2D eigenvalue weighted by Crippen LogP contribution is -2.47. The van der Waals surface area contributed by atoms with Gasteiger partial charge >= 0.3 is 5.97 Å². The van der Waals surface area contributed by atoms with Crippen molar-refractivity contribution in [3.05, 3.63) is 53.6 Å². The molecule has 7 nitrogen and oxygen atoms in total. The molecule has 1 heterocycles. The maximum atomic E-state index is 11.6. The van der Waals surface area contributed by atoms with Gasteiger partial charge in [-0.1, -0.05) is 31.5 Å². The monoisotopic (exact) mass is 442 g/mol. The molecular formula is C25H34N2O5. The average Bonchev–Trinajstić information content (AvgIpc) is 2.80. The molecule has 1 aliphatic heterocycles. The fraction of sp³-hybridized carbons (Fsp3) is 0.480. The molecule has 2 N–H and O–H groups in total. The SMILES string of the molecule is CCCCOc1ccccc1N1CCN(CC(O)c2ccc(OCC)c(C(=O)O)c2)CC1. The fourth-order valence-corrected chi connectivity index (χ4v) is 3.89. The molecule has 0 spiro atoms. The molecule has 0 radical (unpaired) electrons. The summed E-state index contributed by atoms with van der Waals surface area (Å²) in [5.41, 5.74) is 1.78. The topological polar surface area (TPSA) is 82.5 Å². The van der Waals surface area contributed by atoms with Crippen LogP contribution in [0.3, 0.4) is 0 Å².